The summed E-state index contributed by atoms with van der Waals surface area (Å²) >= 11 is 0. The predicted molar refractivity (Wildman–Crippen MR) is 580 cm³/mol. The van der Waals surface area contributed by atoms with Crippen LogP contribution in [0, 0.1) is 0 Å². The molecule has 19 heteroatoms. The van der Waals surface area contributed by atoms with Crippen LogP contribution in [-0.2, 0) is 44.3 Å². The first-order valence-electron chi connectivity index (χ1n) is 48.3. The number of carbonyl (C=O) groups excluding carboxylic acids is 2. The summed E-state index contributed by atoms with van der Waals surface area (Å²) in [6.45, 7) is 26.0. The van der Waals surface area contributed by atoms with Crippen LogP contribution in [0.4, 0.5) is 34.1 Å². The number of hydrogen-bond acceptors (Lipinski definition) is 19. The summed E-state index contributed by atoms with van der Waals surface area (Å²) in [4.78, 5) is 32.3. The summed E-state index contributed by atoms with van der Waals surface area (Å²) in [5.74, 6) is 1.84. The molecule has 0 fully saturated rings. The van der Waals surface area contributed by atoms with Gasteiger partial charge in [-0.3, -0.25) is 0 Å². The number of anilines is 6. The van der Waals surface area contributed by atoms with Gasteiger partial charge in [0.1, 0.15) is 19.0 Å². The Morgan fingerprint density at radius 1 is 0.234 bits per heavy atom. The maximum absolute atomic E-state index is 14.0. The van der Waals surface area contributed by atoms with Gasteiger partial charge in [-0.15, -0.1) is 40.8 Å². The van der Waals surface area contributed by atoms with Crippen molar-refractivity contribution in [3.05, 3.63) is 447 Å². The number of rotatable bonds is 28. The van der Waals surface area contributed by atoms with Gasteiger partial charge in [-0.05, 0) is 288 Å². The third-order valence-corrected chi connectivity index (χ3v) is 25.3. The van der Waals surface area contributed by atoms with Gasteiger partial charge in [-0.25, -0.2) is 9.59 Å². The van der Waals surface area contributed by atoms with Crippen molar-refractivity contribution in [2.45, 2.75) is 118 Å². The maximum Gasteiger partial charge on any atom is 0.338 e. The van der Waals surface area contributed by atoms with Crippen LogP contribution < -0.4 is 9.80 Å². The Hall–Kier alpha value is -17.8. The van der Waals surface area contributed by atoms with Crippen LogP contribution in [0.3, 0.4) is 0 Å². The van der Waals surface area contributed by atoms with Crippen LogP contribution in [0.25, 0.3) is 140 Å². The highest BCUT2D eigenvalue weighted by molar-refractivity contribution is 5.96. The second-order valence-electron chi connectivity index (χ2n) is 40.1. The summed E-state index contributed by atoms with van der Waals surface area (Å²) in [6, 6.07) is 118. The SMILES string of the molecule is CC(C)(C)c1ccc(-c2nnc(-c3ccc(/C=C/c4ccc(N(c5ccc(/C=C/c6ccc(-c7nnc(-c8ccc(C(C)(C)C)cc8)o7)cc6)cc5)c5ccc(COC(=O)c6cc(O)cc(C(=O)OCc7ccc(N(c8ccc(/C=C/c9ccc(-c%10nnc(-c%11ccc(C(C)(C)C)cc%11)o%10)cc9)cc8)c8ccc(/C=C/c9ccc(-c%10nnc(-c%11ccc(C(C)(C)C)cc%11)o%10)cc9)cc8)cc7)c6)cc5)cc4)cc3)o2)cc1. The van der Waals surface area contributed by atoms with E-state index in [0.29, 0.717) is 58.3 Å². The molecule has 4 heterocycles. The number of carbonyl (C=O) groups is 2. The van der Waals surface area contributed by atoms with Crippen molar-refractivity contribution in [3.63, 3.8) is 0 Å². The molecule has 4 aromatic heterocycles. The minimum absolute atomic E-state index is 0.0266. The molecule has 0 amide bonds. The first-order chi connectivity index (χ1) is 70.0. The highest BCUT2D eigenvalue weighted by Crippen LogP contribution is 2.41. The zero-order chi connectivity index (χ0) is 101. The van der Waals surface area contributed by atoms with Crippen molar-refractivity contribution in [1.82, 2.24) is 40.8 Å². The van der Waals surface area contributed by atoms with E-state index in [1.165, 1.54) is 40.5 Å². The molecule has 145 heavy (non-hydrogen) atoms. The number of benzene rings is 15. The number of nitrogens with zero attached hydrogens (tertiary/aromatic N) is 10. The monoisotopic (exact) mass is 1900 g/mol. The molecule has 0 aliphatic carbocycles. The fourth-order valence-electron chi connectivity index (χ4n) is 16.6. The molecule has 0 radical (unpaired) electrons. The Kier molecular flexibility index (Phi) is 27.5. The molecule has 1 N–H and O–H groups in total. The van der Waals surface area contributed by atoms with Gasteiger partial charge in [0.15, 0.2) is 0 Å². The van der Waals surface area contributed by atoms with E-state index in [4.69, 9.17) is 27.1 Å². The number of hydrogen-bond donors (Lipinski definition) is 1. The van der Waals surface area contributed by atoms with Gasteiger partial charge < -0.3 is 42.0 Å². The van der Waals surface area contributed by atoms with Crippen LogP contribution in [0.1, 0.15) is 182 Å². The number of aromatic nitrogens is 8. The summed E-state index contributed by atoms with van der Waals surface area (Å²) in [6.07, 6.45) is 16.6. The Bertz CT molecular complexity index is 7020. The average molecular weight is 1910 g/mol. The molecule has 19 rings (SSSR count). The van der Waals surface area contributed by atoms with Crippen molar-refractivity contribution in [2.75, 3.05) is 9.80 Å². The molecule has 0 spiro atoms. The Balaban J connectivity index is 0.513. The smallest absolute Gasteiger partial charge is 0.338 e. The highest BCUT2D eigenvalue weighted by Gasteiger charge is 2.25. The normalized spacial score (nSPS) is 12.0. The van der Waals surface area contributed by atoms with E-state index < -0.39 is 11.9 Å². The lowest BCUT2D eigenvalue weighted by atomic mass is 9.87. The summed E-state index contributed by atoms with van der Waals surface area (Å²) in [5, 5.41) is 46.0. The standard InChI is InChI=1S/C126H108N10O9/c1-123(2,3)102-57-49-96(50-58-102)117-131-127-113(142-117)92-41-21-82(22-42-92)13-17-86-29-65-106(66-30-86)135(107-67-31-87(32-68-107)18-14-83-23-43-93(44-24-83)114-128-132-118(143-114)97-51-59-103(60-52-97)124(4,5)6)110-73-37-90(38-74-110)80-140-121(138)100-77-101(79-112(137)78-100)122(139)141-81-91-39-75-111(76-40-91)136(108-69-33-88(34-70-108)19-15-84-25-45-94(46-26-84)115-129-133-119(144-115)98-53-61-104(62-54-98)125(7,8)9)109-71-35-89(36-72-109)20-16-85-27-47-95(48-28-85)116-130-134-120(145-116)99-55-63-105(64-56-99)126(10,11)12/h13-79,137H,80-81H2,1-12H3/b17-13+,18-14+,19-15+,20-16+. The van der Waals surface area contributed by atoms with Gasteiger partial charge in [-0.1, -0.05) is 302 Å². The van der Waals surface area contributed by atoms with Crippen molar-refractivity contribution in [3.8, 4) is 97.4 Å². The van der Waals surface area contributed by atoms with Gasteiger partial charge >= 0.3 is 11.9 Å². The topological polar surface area (TPSA) is 235 Å². The van der Waals surface area contributed by atoms with E-state index in [9.17, 15) is 14.7 Å². The van der Waals surface area contributed by atoms with Gasteiger partial charge in [0, 0.05) is 78.6 Å². The highest BCUT2D eigenvalue weighted by atomic mass is 16.5. The zero-order valence-corrected chi connectivity index (χ0v) is 82.8. The van der Waals surface area contributed by atoms with Crippen LogP contribution in [0.5, 0.6) is 5.75 Å². The van der Waals surface area contributed by atoms with E-state index in [1.807, 2.05) is 194 Å². The fourth-order valence-corrected chi connectivity index (χ4v) is 16.6. The number of phenolic OH excluding ortho intramolecular Hbond substituents is 1. The van der Waals surface area contributed by atoms with Crippen molar-refractivity contribution >= 4 is 94.7 Å². The number of aromatic hydroxyl groups is 1. The molecule has 19 aromatic rings. The van der Waals surface area contributed by atoms with Crippen LogP contribution in [0.2, 0.25) is 0 Å². The fraction of sp³-hybridized carbons (Fsp3) is 0.143. The minimum atomic E-state index is -0.744. The van der Waals surface area contributed by atoms with Crippen LogP contribution in [-0.4, -0.2) is 57.8 Å². The number of phenols is 1. The van der Waals surface area contributed by atoms with E-state index in [0.717, 1.165) is 123 Å². The lowest BCUT2D eigenvalue weighted by molar-refractivity contribution is 0.0469. The van der Waals surface area contributed by atoms with Gasteiger partial charge in [0.05, 0.1) is 11.1 Å². The van der Waals surface area contributed by atoms with Crippen molar-refractivity contribution in [1.29, 1.82) is 0 Å². The minimum Gasteiger partial charge on any atom is -0.508 e. The van der Waals surface area contributed by atoms with E-state index in [-0.39, 0.29) is 51.8 Å². The second-order valence-corrected chi connectivity index (χ2v) is 40.1. The number of ether oxygens (including phenoxy) is 2. The van der Waals surface area contributed by atoms with Crippen molar-refractivity contribution < 1.29 is 41.8 Å². The third-order valence-electron chi connectivity index (χ3n) is 25.3. The largest absolute Gasteiger partial charge is 0.508 e. The summed E-state index contributed by atoms with van der Waals surface area (Å²) in [5.41, 5.74) is 26.3. The summed E-state index contributed by atoms with van der Waals surface area (Å²) in [7, 11) is 0. The third kappa shape index (κ3) is 23.4. The van der Waals surface area contributed by atoms with Gasteiger partial charge in [0.2, 0.25) is 47.1 Å². The average Bonchev–Trinajstić information content (AvgIpc) is 1.25. The Morgan fingerprint density at radius 3 is 0.566 bits per heavy atom. The van der Waals surface area contributed by atoms with Crippen LogP contribution in [0.15, 0.2) is 376 Å². The van der Waals surface area contributed by atoms with Gasteiger partial charge in [0.25, 0.3) is 0 Å². The quantitative estimate of drug-likeness (QED) is 0.0354. The molecule has 0 aliphatic rings. The number of esters is 2. The first-order valence-corrected chi connectivity index (χ1v) is 48.3. The molecule has 0 bridgehead atoms. The Labute approximate surface area is 844 Å². The molecule has 19 nitrogen and oxygen atoms in total. The van der Waals surface area contributed by atoms with E-state index >= 15 is 0 Å². The van der Waals surface area contributed by atoms with Crippen LogP contribution >= 0.6 is 0 Å². The molecular weight excluding hydrogens is 1800 g/mol. The molecule has 0 saturated carbocycles. The molecule has 0 unspecified atom stereocenters. The van der Waals surface area contributed by atoms with E-state index in [1.54, 1.807) is 0 Å². The molecular formula is C126H108N10O9. The summed E-state index contributed by atoms with van der Waals surface area (Å²) < 4.78 is 36.4. The molecule has 0 aliphatic heterocycles. The Morgan fingerprint density at radius 2 is 0.393 bits per heavy atom. The predicted octanol–water partition coefficient (Wildman–Crippen LogP) is 31.8. The maximum atomic E-state index is 14.0. The van der Waals surface area contributed by atoms with E-state index in [2.05, 4.69) is 328 Å². The lowest BCUT2D eigenvalue weighted by Gasteiger charge is -2.26. The first kappa shape index (κ1) is 96.1. The molecule has 0 saturated heterocycles. The van der Waals surface area contributed by atoms with Gasteiger partial charge in [-0.2, -0.15) is 0 Å². The molecule has 0 atom stereocenters. The molecule has 15 aromatic carbocycles. The molecule has 716 valence electrons. The lowest BCUT2D eigenvalue weighted by Crippen LogP contribution is -2.11. The second kappa shape index (κ2) is 41.5. The van der Waals surface area contributed by atoms with Crippen molar-refractivity contribution in [2.24, 2.45) is 0 Å². The zero-order valence-electron chi connectivity index (χ0n) is 82.8.